The minimum absolute atomic E-state index is 0.0878. The Bertz CT molecular complexity index is 1470. The highest BCUT2D eigenvalue weighted by molar-refractivity contribution is 5.99. The molecule has 0 aliphatic carbocycles. The minimum Gasteiger partial charge on any atom is -0.463 e. The van der Waals surface area contributed by atoms with Crippen LogP contribution in [-0.4, -0.2) is 82.6 Å². The van der Waals surface area contributed by atoms with Gasteiger partial charge in [0.05, 0.1) is 36.6 Å². The topological polar surface area (TPSA) is 125 Å². The Kier molecular flexibility index (Phi) is 11.5. The fraction of sp³-hybridized carbons (Fsp3) is 0.474. The molecule has 3 amide bonds. The summed E-state index contributed by atoms with van der Waals surface area (Å²) in [5.41, 5.74) is 0.187. The maximum atomic E-state index is 14.7. The van der Waals surface area contributed by atoms with Crippen molar-refractivity contribution in [1.82, 2.24) is 15.1 Å². The van der Waals surface area contributed by atoms with Crippen LogP contribution in [0.25, 0.3) is 0 Å². The molecule has 1 spiro atoms. The van der Waals surface area contributed by atoms with Crippen LogP contribution in [0.5, 0.6) is 0 Å². The van der Waals surface area contributed by atoms with Crippen molar-refractivity contribution < 1.29 is 33.8 Å². The molecule has 2 N–H and O–H groups in total. The van der Waals surface area contributed by atoms with Gasteiger partial charge < -0.3 is 29.7 Å². The highest BCUT2D eigenvalue weighted by Gasteiger charge is 2.75. The largest absolute Gasteiger partial charge is 0.463 e. The molecule has 2 bridgehead atoms. The third-order valence-electron chi connectivity index (χ3n) is 9.89. The molecule has 10 heteroatoms. The molecule has 256 valence electrons. The van der Waals surface area contributed by atoms with E-state index in [2.05, 4.69) is 18.5 Å². The quantitative estimate of drug-likeness (QED) is 0.192. The van der Waals surface area contributed by atoms with Gasteiger partial charge in [0.1, 0.15) is 18.2 Å². The number of carbonyl (C=O) groups is 4. The summed E-state index contributed by atoms with van der Waals surface area (Å²) in [6.45, 7) is 9.83. The van der Waals surface area contributed by atoms with Crippen molar-refractivity contribution in [2.75, 3.05) is 26.3 Å². The normalized spacial score (nSPS) is 25.2. The zero-order valence-corrected chi connectivity index (χ0v) is 27.7. The number of aliphatic hydroxyl groups excluding tert-OH is 1. The first kappa shape index (κ1) is 35.0. The van der Waals surface area contributed by atoms with E-state index in [4.69, 9.17) is 9.47 Å². The van der Waals surface area contributed by atoms with Gasteiger partial charge in [0.2, 0.25) is 17.7 Å². The van der Waals surface area contributed by atoms with Gasteiger partial charge in [-0.2, -0.15) is 0 Å². The van der Waals surface area contributed by atoms with E-state index in [0.29, 0.717) is 37.9 Å². The fourth-order valence-electron chi connectivity index (χ4n) is 7.65. The summed E-state index contributed by atoms with van der Waals surface area (Å²) in [5.74, 6) is -3.29. The van der Waals surface area contributed by atoms with Gasteiger partial charge in [0.25, 0.3) is 0 Å². The maximum Gasteiger partial charge on any atom is 0.306 e. The average molecular weight is 658 g/mol. The number of aliphatic hydroxyl groups is 1. The van der Waals surface area contributed by atoms with Gasteiger partial charge >= 0.3 is 5.97 Å². The third kappa shape index (κ3) is 6.82. The summed E-state index contributed by atoms with van der Waals surface area (Å²) >= 11 is 0. The molecule has 2 aromatic rings. The molecule has 3 saturated heterocycles. The smallest absolute Gasteiger partial charge is 0.306 e. The second-order valence-electron chi connectivity index (χ2n) is 12.8. The monoisotopic (exact) mass is 657 g/mol. The first-order chi connectivity index (χ1) is 23.3. The lowest BCUT2D eigenvalue weighted by Gasteiger charge is -2.39. The molecule has 48 heavy (non-hydrogen) atoms. The van der Waals surface area contributed by atoms with E-state index in [0.717, 1.165) is 18.4 Å². The molecule has 3 heterocycles. The molecule has 3 fully saturated rings. The lowest BCUT2D eigenvalue weighted by molar-refractivity contribution is -0.151. The van der Waals surface area contributed by atoms with Crippen LogP contribution in [-0.2, 0) is 28.7 Å². The Hall–Kier alpha value is -4.28. The molecule has 7 atom stereocenters. The van der Waals surface area contributed by atoms with Crippen LogP contribution in [0.15, 0.2) is 86.0 Å². The molecule has 0 unspecified atom stereocenters. The average Bonchev–Trinajstić information content (AvgIpc) is 3.76. The zero-order chi connectivity index (χ0) is 34.3. The number of amides is 3. The number of benzene rings is 2. The Balaban J connectivity index is 1.49. The number of rotatable bonds is 17. The molecule has 5 rings (SSSR count). The van der Waals surface area contributed by atoms with Gasteiger partial charge in [0.15, 0.2) is 0 Å². The van der Waals surface area contributed by atoms with Crippen molar-refractivity contribution in [2.24, 2.45) is 11.8 Å². The summed E-state index contributed by atoms with van der Waals surface area (Å²) in [7, 11) is 0. The standard InChI is InChI=1S/C38H47N3O7/c1-4-7-19-31(43)47-25-28(26-15-11-9-12-16-26)39-35(44)32-30-20-21-38(48-30)33(32)36(45)41(29(24-42)27-17-13-10-14-18-27)34(38)37(46)40(22-6-3)23-8-5-2/h4,6,9-18,28-30,32-34,42H,1,3,5,7-8,19-25H2,2H3,(H,39,44)/t28-,29-,30-,32+,33+,34-,38+/m1/s1. The van der Waals surface area contributed by atoms with Crippen LogP contribution < -0.4 is 5.32 Å². The Labute approximate surface area is 282 Å². The van der Waals surface area contributed by atoms with Crippen LogP contribution in [0.4, 0.5) is 0 Å². The van der Waals surface area contributed by atoms with E-state index >= 15 is 0 Å². The number of allylic oxidation sites excluding steroid dienone is 1. The number of nitrogens with zero attached hydrogens (tertiary/aromatic N) is 2. The summed E-state index contributed by atoms with van der Waals surface area (Å²) in [4.78, 5) is 59.2. The van der Waals surface area contributed by atoms with Gasteiger partial charge in [-0.15, -0.1) is 13.2 Å². The highest BCUT2D eigenvalue weighted by Crippen LogP contribution is 2.60. The van der Waals surface area contributed by atoms with Crippen LogP contribution in [0.3, 0.4) is 0 Å². The van der Waals surface area contributed by atoms with E-state index in [1.54, 1.807) is 17.1 Å². The highest BCUT2D eigenvalue weighted by atomic mass is 16.5. The maximum absolute atomic E-state index is 14.7. The van der Waals surface area contributed by atoms with E-state index in [1.807, 2.05) is 67.6 Å². The number of nitrogens with one attached hydrogen (secondary N) is 1. The first-order valence-corrected chi connectivity index (χ1v) is 17.0. The molecule has 0 saturated carbocycles. The van der Waals surface area contributed by atoms with Crippen molar-refractivity contribution in [2.45, 2.75) is 75.3 Å². The molecule has 2 aromatic carbocycles. The predicted octanol–water partition coefficient (Wildman–Crippen LogP) is 4.28. The van der Waals surface area contributed by atoms with E-state index in [1.165, 1.54) is 4.90 Å². The van der Waals surface area contributed by atoms with Gasteiger partial charge in [-0.1, -0.05) is 86.2 Å². The lowest BCUT2D eigenvalue weighted by atomic mass is 9.70. The molecule has 0 aromatic heterocycles. The summed E-state index contributed by atoms with van der Waals surface area (Å²) in [6, 6.07) is 15.8. The first-order valence-electron chi connectivity index (χ1n) is 17.0. The number of likely N-dealkylation sites (tertiary alicyclic amines) is 1. The third-order valence-corrected chi connectivity index (χ3v) is 9.89. The van der Waals surface area contributed by atoms with Crippen LogP contribution in [0.1, 0.15) is 68.7 Å². The second-order valence-corrected chi connectivity index (χ2v) is 12.8. The van der Waals surface area contributed by atoms with Gasteiger partial charge in [-0.05, 0) is 36.8 Å². The molecule has 10 nitrogen and oxygen atoms in total. The molecule has 0 radical (unpaired) electrons. The molecular formula is C38H47N3O7. The van der Waals surface area contributed by atoms with Crippen LogP contribution >= 0.6 is 0 Å². The summed E-state index contributed by atoms with van der Waals surface area (Å²) < 4.78 is 12.2. The van der Waals surface area contributed by atoms with Gasteiger partial charge in [-0.3, -0.25) is 19.2 Å². The Morgan fingerprint density at radius 2 is 1.79 bits per heavy atom. The van der Waals surface area contributed by atoms with E-state index < -0.39 is 60.1 Å². The minimum atomic E-state index is -1.24. The fourth-order valence-corrected chi connectivity index (χ4v) is 7.65. The van der Waals surface area contributed by atoms with E-state index in [-0.39, 0.29) is 24.8 Å². The van der Waals surface area contributed by atoms with Crippen LogP contribution in [0, 0.1) is 11.8 Å². The van der Waals surface area contributed by atoms with Crippen LogP contribution in [0.2, 0.25) is 0 Å². The number of hydrogen-bond acceptors (Lipinski definition) is 7. The SMILES string of the molecule is C=CCCC(=O)OC[C@@H](NC(=O)[C@@H]1[C@H]2C(=O)N([C@H](CO)c3ccccc3)[C@H](C(=O)N(CC=C)CCCC)[C@]23CC[C@H]1O3)c1ccccc1. The number of unbranched alkanes of at least 4 members (excludes halogenated alkanes) is 1. The summed E-state index contributed by atoms with van der Waals surface area (Å²) in [6.07, 6.45) is 5.96. The van der Waals surface area contributed by atoms with Crippen molar-refractivity contribution in [3.8, 4) is 0 Å². The van der Waals surface area contributed by atoms with Crippen molar-refractivity contribution in [1.29, 1.82) is 0 Å². The number of esters is 1. The summed E-state index contributed by atoms with van der Waals surface area (Å²) in [5, 5.41) is 13.8. The number of fused-ring (bicyclic) bond motifs is 1. The molecule has 3 aliphatic heterocycles. The number of hydrogen-bond donors (Lipinski definition) is 2. The van der Waals surface area contributed by atoms with Crippen molar-refractivity contribution in [3.05, 3.63) is 97.1 Å². The Morgan fingerprint density at radius 3 is 2.42 bits per heavy atom. The van der Waals surface area contributed by atoms with Crippen molar-refractivity contribution in [3.63, 3.8) is 0 Å². The number of ether oxygens (including phenoxy) is 2. The zero-order valence-electron chi connectivity index (χ0n) is 27.7. The van der Waals surface area contributed by atoms with Crippen molar-refractivity contribution >= 4 is 23.7 Å². The predicted molar refractivity (Wildman–Crippen MR) is 180 cm³/mol. The van der Waals surface area contributed by atoms with Gasteiger partial charge in [0, 0.05) is 19.5 Å². The van der Waals surface area contributed by atoms with E-state index in [9.17, 15) is 24.3 Å². The number of carbonyl (C=O) groups excluding carboxylic acids is 4. The lowest BCUT2D eigenvalue weighted by Crippen LogP contribution is -2.57. The van der Waals surface area contributed by atoms with Gasteiger partial charge in [-0.25, -0.2) is 0 Å². The molecule has 3 aliphatic rings. The Morgan fingerprint density at radius 1 is 1.10 bits per heavy atom. The second kappa shape index (κ2) is 15.7. The molecular weight excluding hydrogens is 610 g/mol.